The summed E-state index contributed by atoms with van der Waals surface area (Å²) in [6.07, 6.45) is 6.44. The number of rotatable bonds is 8. The van der Waals surface area contributed by atoms with Gasteiger partial charge in [-0.3, -0.25) is 4.79 Å². The van der Waals surface area contributed by atoms with Gasteiger partial charge in [0.15, 0.2) is 11.5 Å². The second-order valence-electron chi connectivity index (χ2n) is 7.54. The van der Waals surface area contributed by atoms with E-state index in [2.05, 4.69) is 19.2 Å². The van der Waals surface area contributed by atoms with Gasteiger partial charge < -0.3 is 19.7 Å². The summed E-state index contributed by atoms with van der Waals surface area (Å²) in [5, 5.41) is 3.64. The topological polar surface area (TPSA) is 50.8 Å². The Hall–Kier alpha value is -1.75. The van der Waals surface area contributed by atoms with Crippen LogP contribution < -0.4 is 14.8 Å². The average molecular weight is 360 g/mol. The quantitative estimate of drug-likeness (QED) is 0.769. The Morgan fingerprint density at radius 1 is 1.08 bits per heavy atom. The van der Waals surface area contributed by atoms with E-state index in [-0.39, 0.29) is 5.91 Å². The van der Waals surface area contributed by atoms with Crippen LogP contribution in [0.25, 0.3) is 0 Å². The lowest BCUT2D eigenvalue weighted by Crippen LogP contribution is -2.48. The van der Waals surface area contributed by atoms with Crippen LogP contribution in [0.5, 0.6) is 11.5 Å². The molecular weight excluding hydrogens is 328 g/mol. The normalized spacial score (nSPS) is 24.3. The van der Waals surface area contributed by atoms with Gasteiger partial charge in [-0.05, 0) is 56.7 Å². The van der Waals surface area contributed by atoms with E-state index >= 15 is 0 Å². The molecule has 144 valence electrons. The molecule has 2 heterocycles. The summed E-state index contributed by atoms with van der Waals surface area (Å²) >= 11 is 0. The van der Waals surface area contributed by atoms with Crippen molar-refractivity contribution in [1.29, 1.82) is 0 Å². The summed E-state index contributed by atoms with van der Waals surface area (Å²) in [5.41, 5.74) is 0.674. The van der Waals surface area contributed by atoms with Crippen LogP contribution in [0.4, 0.5) is 0 Å². The fourth-order valence-corrected chi connectivity index (χ4v) is 4.01. The van der Waals surface area contributed by atoms with Gasteiger partial charge in [0.05, 0.1) is 13.2 Å². The van der Waals surface area contributed by atoms with Crippen molar-refractivity contribution in [3.05, 3.63) is 23.8 Å². The summed E-state index contributed by atoms with van der Waals surface area (Å²) in [5.74, 6) is 1.46. The number of piperidine rings is 1. The molecule has 2 aliphatic heterocycles. The van der Waals surface area contributed by atoms with Gasteiger partial charge in [-0.25, -0.2) is 0 Å². The van der Waals surface area contributed by atoms with Gasteiger partial charge in [-0.15, -0.1) is 0 Å². The molecule has 2 bridgehead atoms. The van der Waals surface area contributed by atoms with Crippen molar-refractivity contribution >= 4 is 5.91 Å². The highest BCUT2D eigenvalue weighted by Gasteiger charge is 2.36. The highest BCUT2D eigenvalue weighted by atomic mass is 16.5. The van der Waals surface area contributed by atoms with E-state index in [0.717, 1.165) is 31.4 Å². The summed E-state index contributed by atoms with van der Waals surface area (Å²) in [4.78, 5) is 15.0. The van der Waals surface area contributed by atoms with Gasteiger partial charge in [0, 0.05) is 30.7 Å². The van der Waals surface area contributed by atoms with Crippen LogP contribution in [0.2, 0.25) is 0 Å². The molecule has 3 rings (SSSR count). The van der Waals surface area contributed by atoms with Crippen molar-refractivity contribution in [1.82, 2.24) is 10.2 Å². The van der Waals surface area contributed by atoms with Crippen molar-refractivity contribution in [2.75, 3.05) is 20.3 Å². The number of carbonyl (C=O) groups excluding carboxylic acids is 1. The first-order chi connectivity index (χ1) is 12.6. The minimum absolute atomic E-state index is 0.0692. The standard InChI is InChI=1S/C21H32N2O3/c1-4-10-25-19-9-6-15(12-20(19)26-11-5-2)21(24)23(3)18-13-16-7-8-17(14-18)22-16/h6,9,12,16-18,22H,4-5,7-8,10-11,13-14H2,1-3H3. The van der Waals surface area contributed by atoms with Crippen LogP contribution in [0, 0.1) is 0 Å². The van der Waals surface area contributed by atoms with Crippen LogP contribution in [-0.4, -0.2) is 49.2 Å². The molecular formula is C21H32N2O3. The number of hydrogen-bond donors (Lipinski definition) is 1. The maximum absolute atomic E-state index is 13.0. The van der Waals surface area contributed by atoms with Gasteiger partial charge in [-0.1, -0.05) is 13.8 Å². The van der Waals surface area contributed by atoms with E-state index in [1.165, 1.54) is 12.8 Å². The zero-order valence-electron chi connectivity index (χ0n) is 16.3. The first kappa shape index (κ1) is 19.0. The summed E-state index contributed by atoms with van der Waals surface area (Å²) in [6.45, 7) is 5.41. The minimum Gasteiger partial charge on any atom is -0.490 e. The molecule has 0 radical (unpaired) electrons. The van der Waals surface area contributed by atoms with Gasteiger partial charge in [0.1, 0.15) is 0 Å². The maximum atomic E-state index is 13.0. The summed E-state index contributed by atoms with van der Waals surface area (Å²) in [7, 11) is 1.94. The molecule has 2 unspecified atom stereocenters. The molecule has 1 amide bonds. The molecule has 0 saturated carbocycles. The van der Waals surface area contributed by atoms with Crippen LogP contribution in [0.3, 0.4) is 0 Å². The molecule has 5 heteroatoms. The minimum atomic E-state index is 0.0692. The van der Waals surface area contributed by atoms with Gasteiger partial charge in [0.2, 0.25) is 0 Å². The predicted molar refractivity (Wildman–Crippen MR) is 103 cm³/mol. The maximum Gasteiger partial charge on any atom is 0.253 e. The number of ether oxygens (including phenoxy) is 2. The first-order valence-electron chi connectivity index (χ1n) is 10.0. The monoisotopic (exact) mass is 360 g/mol. The fourth-order valence-electron chi connectivity index (χ4n) is 4.01. The second kappa shape index (κ2) is 8.76. The van der Waals surface area contributed by atoms with Crippen molar-refractivity contribution in [3.63, 3.8) is 0 Å². The van der Waals surface area contributed by atoms with Crippen LogP contribution in [-0.2, 0) is 0 Å². The lowest BCUT2D eigenvalue weighted by atomic mass is 9.98. The molecule has 2 saturated heterocycles. The van der Waals surface area contributed by atoms with Crippen LogP contribution in [0.1, 0.15) is 62.7 Å². The summed E-state index contributed by atoms with van der Waals surface area (Å²) < 4.78 is 11.6. The molecule has 1 aromatic rings. The number of amides is 1. The zero-order valence-corrected chi connectivity index (χ0v) is 16.3. The molecule has 5 nitrogen and oxygen atoms in total. The Kier molecular flexibility index (Phi) is 6.41. The SMILES string of the molecule is CCCOc1ccc(C(=O)N(C)C2CC3CCC(C2)N3)cc1OCCC. The van der Waals surface area contributed by atoms with E-state index in [4.69, 9.17) is 9.47 Å². The molecule has 0 aliphatic carbocycles. The van der Waals surface area contributed by atoms with Crippen molar-refractivity contribution in [3.8, 4) is 11.5 Å². The molecule has 0 spiro atoms. The molecule has 2 atom stereocenters. The molecule has 2 fully saturated rings. The average Bonchev–Trinajstić information content (AvgIpc) is 3.01. The summed E-state index contributed by atoms with van der Waals surface area (Å²) in [6, 6.07) is 7.03. The number of nitrogens with zero attached hydrogens (tertiary/aromatic N) is 1. The van der Waals surface area contributed by atoms with Gasteiger partial charge >= 0.3 is 0 Å². The number of carbonyl (C=O) groups is 1. The first-order valence-corrected chi connectivity index (χ1v) is 10.0. The smallest absolute Gasteiger partial charge is 0.253 e. The fraction of sp³-hybridized carbons (Fsp3) is 0.667. The molecule has 0 aromatic heterocycles. The molecule has 1 aromatic carbocycles. The van der Waals surface area contributed by atoms with Crippen molar-refractivity contribution in [2.45, 2.75) is 70.5 Å². The third kappa shape index (κ3) is 4.32. The number of hydrogen-bond acceptors (Lipinski definition) is 4. The Morgan fingerprint density at radius 3 is 2.31 bits per heavy atom. The zero-order chi connectivity index (χ0) is 18.5. The Bertz CT molecular complexity index is 607. The molecule has 26 heavy (non-hydrogen) atoms. The van der Waals surface area contributed by atoms with Gasteiger partial charge in [0.25, 0.3) is 5.91 Å². The predicted octanol–water partition coefficient (Wildman–Crippen LogP) is 3.62. The Morgan fingerprint density at radius 2 is 1.69 bits per heavy atom. The van der Waals surface area contributed by atoms with E-state index in [9.17, 15) is 4.79 Å². The van der Waals surface area contributed by atoms with Gasteiger partial charge in [-0.2, -0.15) is 0 Å². The number of nitrogens with one attached hydrogen (secondary N) is 1. The lowest BCUT2D eigenvalue weighted by Gasteiger charge is -2.35. The number of benzene rings is 1. The third-order valence-corrected chi connectivity index (χ3v) is 5.43. The highest BCUT2D eigenvalue weighted by Crippen LogP contribution is 2.32. The van der Waals surface area contributed by atoms with Crippen molar-refractivity contribution in [2.24, 2.45) is 0 Å². The van der Waals surface area contributed by atoms with Crippen LogP contribution in [0.15, 0.2) is 18.2 Å². The highest BCUT2D eigenvalue weighted by molar-refractivity contribution is 5.95. The molecule has 2 aliphatic rings. The largest absolute Gasteiger partial charge is 0.490 e. The van der Waals surface area contributed by atoms with E-state index in [1.54, 1.807) is 0 Å². The molecule has 1 N–H and O–H groups in total. The van der Waals surface area contributed by atoms with E-state index in [0.29, 0.717) is 42.7 Å². The Balaban J connectivity index is 1.73. The third-order valence-electron chi connectivity index (χ3n) is 5.43. The van der Waals surface area contributed by atoms with E-state index < -0.39 is 0 Å². The van der Waals surface area contributed by atoms with Crippen molar-refractivity contribution < 1.29 is 14.3 Å². The van der Waals surface area contributed by atoms with Crippen LogP contribution >= 0.6 is 0 Å². The second-order valence-corrected chi connectivity index (χ2v) is 7.54. The number of fused-ring (bicyclic) bond motifs is 2. The Labute approximate surface area is 157 Å². The lowest BCUT2D eigenvalue weighted by molar-refractivity contribution is 0.0681. The van der Waals surface area contributed by atoms with E-state index in [1.807, 2.05) is 30.1 Å².